The Hall–Kier alpha value is -1.61. The molecule has 1 heterocycles. The molecule has 0 aliphatic carbocycles. The van der Waals surface area contributed by atoms with E-state index in [9.17, 15) is 0 Å². The van der Waals surface area contributed by atoms with Gasteiger partial charge in [0.05, 0.1) is 0 Å². The van der Waals surface area contributed by atoms with Crippen molar-refractivity contribution in [1.82, 2.24) is 14.9 Å². The molecule has 0 radical (unpaired) electrons. The first kappa shape index (κ1) is 15.8. The van der Waals surface area contributed by atoms with Crippen LogP contribution in [0.2, 0.25) is 0 Å². The summed E-state index contributed by atoms with van der Waals surface area (Å²) in [5.41, 5.74) is 5.50. The molecule has 2 aromatic rings. The Balaban J connectivity index is 2.34. The van der Waals surface area contributed by atoms with Crippen LogP contribution < -0.4 is 5.32 Å². The molecule has 0 saturated heterocycles. The van der Waals surface area contributed by atoms with Gasteiger partial charge in [0.15, 0.2) is 0 Å². The van der Waals surface area contributed by atoms with Crippen molar-refractivity contribution in [2.24, 2.45) is 7.05 Å². The van der Waals surface area contributed by atoms with Crippen LogP contribution in [0, 0.1) is 20.8 Å². The molecule has 0 bridgehead atoms. The van der Waals surface area contributed by atoms with Gasteiger partial charge in [0, 0.05) is 31.9 Å². The molecule has 0 fully saturated rings. The normalized spacial score (nSPS) is 12.6. The van der Waals surface area contributed by atoms with Gasteiger partial charge in [0.25, 0.3) is 0 Å². The van der Waals surface area contributed by atoms with E-state index >= 15 is 0 Å². The summed E-state index contributed by atoms with van der Waals surface area (Å²) in [6, 6.07) is 4.88. The molecule has 114 valence electrons. The third-order valence-corrected chi connectivity index (χ3v) is 4.03. The van der Waals surface area contributed by atoms with Crippen molar-refractivity contribution in [3.05, 3.63) is 52.6 Å². The van der Waals surface area contributed by atoms with E-state index in [4.69, 9.17) is 0 Å². The van der Waals surface area contributed by atoms with Crippen molar-refractivity contribution in [2.75, 3.05) is 6.54 Å². The molecule has 21 heavy (non-hydrogen) atoms. The van der Waals surface area contributed by atoms with E-state index in [1.54, 1.807) is 0 Å². The number of hydrogen-bond donors (Lipinski definition) is 1. The second-order valence-electron chi connectivity index (χ2n) is 5.98. The van der Waals surface area contributed by atoms with Gasteiger partial charge in [0.1, 0.15) is 5.82 Å². The van der Waals surface area contributed by atoms with Crippen molar-refractivity contribution < 1.29 is 0 Å². The topological polar surface area (TPSA) is 29.9 Å². The molecular formula is C18H27N3. The van der Waals surface area contributed by atoms with Gasteiger partial charge in [-0.2, -0.15) is 0 Å². The maximum Gasteiger partial charge on any atom is 0.110 e. The van der Waals surface area contributed by atoms with Gasteiger partial charge in [0.2, 0.25) is 0 Å². The first-order valence-corrected chi connectivity index (χ1v) is 7.80. The number of nitrogens with one attached hydrogen (secondary N) is 1. The summed E-state index contributed by atoms with van der Waals surface area (Å²) in [5.74, 6) is 1.13. The molecule has 1 unspecified atom stereocenters. The molecule has 0 amide bonds. The summed E-state index contributed by atoms with van der Waals surface area (Å²) in [5, 5.41) is 3.70. The summed E-state index contributed by atoms with van der Waals surface area (Å²) in [7, 11) is 2.06. The van der Waals surface area contributed by atoms with Crippen molar-refractivity contribution in [2.45, 2.75) is 46.6 Å². The summed E-state index contributed by atoms with van der Waals surface area (Å²) >= 11 is 0. The lowest BCUT2D eigenvalue weighted by atomic mass is 9.92. The van der Waals surface area contributed by atoms with Crippen LogP contribution in [0.3, 0.4) is 0 Å². The first-order valence-electron chi connectivity index (χ1n) is 7.80. The number of aromatic nitrogens is 2. The number of rotatable bonds is 6. The van der Waals surface area contributed by atoms with Gasteiger partial charge in [-0.3, -0.25) is 0 Å². The Kier molecular flexibility index (Phi) is 5.18. The van der Waals surface area contributed by atoms with Crippen molar-refractivity contribution >= 4 is 0 Å². The number of nitrogens with zero attached hydrogens (tertiary/aromatic N) is 2. The number of hydrogen-bond acceptors (Lipinski definition) is 2. The highest BCUT2D eigenvalue weighted by Gasteiger charge is 2.18. The Labute approximate surface area is 128 Å². The predicted octanol–water partition coefficient (Wildman–Crippen LogP) is 3.63. The van der Waals surface area contributed by atoms with Gasteiger partial charge in [-0.25, -0.2) is 4.98 Å². The lowest BCUT2D eigenvalue weighted by molar-refractivity contribution is 0.508. The monoisotopic (exact) mass is 285 g/mol. The summed E-state index contributed by atoms with van der Waals surface area (Å²) < 4.78 is 2.11. The smallest absolute Gasteiger partial charge is 0.110 e. The van der Waals surface area contributed by atoms with Gasteiger partial charge < -0.3 is 9.88 Å². The molecule has 1 atom stereocenters. The molecule has 3 heteroatoms. The van der Waals surface area contributed by atoms with Crippen molar-refractivity contribution in [1.29, 1.82) is 0 Å². The average Bonchev–Trinajstić information content (AvgIpc) is 2.80. The number of imidazole rings is 1. The molecule has 2 rings (SSSR count). The summed E-state index contributed by atoms with van der Waals surface area (Å²) in [6.07, 6.45) is 5.96. The molecule has 0 spiro atoms. The van der Waals surface area contributed by atoms with Crippen LogP contribution in [-0.4, -0.2) is 16.1 Å². The first-order chi connectivity index (χ1) is 10.0. The summed E-state index contributed by atoms with van der Waals surface area (Å²) in [4.78, 5) is 4.49. The van der Waals surface area contributed by atoms with E-state index in [0.717, 1.165) is 25.2 Å². The SMILES string of the molecule is CCCNC(Cc1nccn1C)c1c(C)cc(C)cc1C. The van der Waals surface area contributed by atoms with Gasteiger partial charge in [-0.1, -0.05) is 24.6 Å². The minimum atomic E-state index is 0.326. The highest BCUT2D eigenvalue weighted by molar-refractivity contribution is 5.40. The van der Waals surface area contributed by atoms with E-state index < -0.39 is 0 Å². The maximum absolute atomic E-state index is 4.49. The second kappa shape index (κ2) is 6.90. The molecule has 0 saturated carbocycles. The highest BCUT2D eigenvalue weighted by atomic mass is 15.0. The van der Waals surface area contributed by atoms with Crippen LogP contribution in [0.15, 0.2) is 24.5 Å². The maximum atomic E-state index is 4.49. The van der Waals surface area contributed by atoms with E-state index in [-0.39, 0.29) is 0 Å². The largest absolute Gasteiger partial charge is 0.338 e. The average molecular weight is 285 g/mol. The van der Waals surface area contributed by atoms with E-state index in [1.807, 2.05) is 12.4 Å². The molecule has 0 aliphatic rings. The Bertz CT molecular complexity index is 575. The quantitative estimate of drug-likeness (QED) is 0.878. The van der Waals surface area contributed by atoms with Gasteiger partial charge in [-0.15, -0.1) is 0 Å². The zero-order valence-corrected chi connectivity index (χ0v) is 13.9. The number of aryl methyl sites for hydroxylation is 4. The van der Waals surface area contributed by atoms with Crippen LogP contribution in [0.1, 0.15) is 47.5 Å². The van der Waals surface area contributed by atoms with E-state index in [2.05, 4.69) is 61.7 Å². The third kappa shape index (κ3) is 3.73. The third-order valence-electron chi connectivity index (χ3n) is 4.03. The predicted molar refractivity (Wildman–Crippen MR) is 88.6 cm³/mol. The Morgan fingerprint density at radius 2 is 1.86 bits per heavy atom. The summed E-state index contributed by atoms with van der Waals surface area (Å²) in [6.45, 7) is 9.83. The molecule has 0 aliphatic heterocycles. The fourth-order valence-corrected chi connectivity index (χ4v) is 3.11. The second-order valence-corrected chi connectivity index (χ2v) is 5.98. The minimum absolute atomic E-state index is 0.326. The van der Waals surface area contributed by atoms with Crippen LogP contribution in [0.25, 0.3) is 0 Å². The van der Waals surface area contributed by atoms with Gasteiger partial charge in [-0.05, 0) is 50.4 Å². The minimum Gasteiger partial charge on any atom is -0.338 e. The molecule has 1 aromatic heterocycles. The van der Waals surface area contributed by atoms with Crippen LogP contribution in [-0.2, 0) is 13.5 Å². The van der Waals surface area contributed by atoms with Crippen LogP contribution >= 0.6 is 0 Å². The fourth-order valence-electron chi connectivity index (χ4n) is 3.11. The Morgan fingerprint density at radius 3 is 2.38 bits per heavy atom. The standard InChI is InChI=1S/C18H27N3/c1-6-7-19-16(12-17-20-8-9-21(17)5)18-14(3)10-13(2)11-15(18)4/h8-11,16,19H,6-7,12H2,1-5H3. The van der Waals surface area contributed by atoms with Crippen molar-refractivity contribution in [3.8, 4) is 0 Å². The molecular weight excluding hydrogens is 258 g/mol. The Morgan fingerprint density at radius 1 is 1.19 bits per heavy atom. The van der Waals surface area contributed by atoms with Crippen molar-refractivity contribution in [3.63, 3.8) is 0 Å². The highest BCUT2D eigenvalue weighted by Crippen LogP contribution is 2.26. The van der Waals surface area contributed by atoms with Crippen LogP contribution in [0.5, 0.6) is 0 Å². The molecule has 3 nitrogen and oxygen atoms in total. The lowest BCUT2D eigenvalue weighted by Gasteiger charge is -2.23. The molecule has 1 N–H and O–H groups in total. The zero-order chi connectivity index (χ0) is 15.4. The fraction of sp³-hybridized carbons (Fsp3) is 0.500. The van der Waals surface area contributed by atoms with E-state index in [1.165, 1.54) is 22.3 Å². The van der Waals surface area contributed by atoms with E-state index in [0.29, 0.717) is 6.04 Å². The van der Waals surface area contributed by atoms with Crippen LogP contribution in [0.4, 0.5) is 0 Å². The van der Waals surface area contributed by atoms with Gasteiger partial charge >= 0.3 is 0 Å². The molecule has 1 aromatic carbocycles. The lowest BCUT2D eigenvalue weighted by Crippen LogP contribution is -2.26. The number of benzene rings is 1. The zero-order valence-electron chi connectivity index (χ0n) is 13.9.